The molecule has 27 heavy (non-hydrogen) atoms. The van der Waals surface area contributed by atoms with Crippen LogP contribution in [0.1, 0.15) is 21.5 Å². The van der Waals surface area contributed by atoms with E-state index < -0.39 is 0 Å². The number of hydrogen-bond acceptors (Lipinski definition) is 5. The van der Waals surface area contributed by atoms with Gasteiger partial charge in [-0.2, -0.15) is 10.2 Å². The van der Waals surface area contributed by atoms with Crippen LogP contribution in [0.2, 0.25) is 0 Å². The minimum absolute atomic E-state index is 0.119. The van der Waals surface area contributed by atoms with Crippen molar-refractivity contribution in [1.82, 2.24) is 34.8 Å². The van der Waals surface area contributed by atoms with Crippen LogP contribution in [0.5, 0.6) is 0 Å². The predicted molar refractivity (Wildman–Crippen MR) is 98.1 cm³/mol. The van der Waals surface area contributed by atoms with E-state index in [-0.39, 0.29) is 5.91 Å². The van der Waals surface area contributed by atoms with Gasteiger partial charge < -0.3 is 5.32 Å². The molecule has 1 amide bonds. The van der Waals surface area contributed by atoms with Gasteiger partial charge in [-0.1, -0.05) is 24.3 Å². The third-order valence-corrected chi connectivity index (χ3v) is 4.10. The molecule has 8 heteroatoms. The molecule has 0 aliphatic heterocycles. The van der Waals surface area contributed by atoms with Crippen molar-refractivity contribution in [2.75, 3.05) is 0 Å². The first-order chi connectivity index (χ1) is 13.3. The van der Waals surface area contributed by atoms with E-state index in [0.717, 1.165) is 16.8 Å². The number of hydrogen-bond donors (Lipinski definition) is 1. The third kappa shape index (κ3) is 4.06. The molecule has 0 atom stereocenters. The zero-order valence-corrected chi connectivity index (χ0v) is 14.4. The van der Waals surface area contributed by atoms with Gasteiger partial charge in [0.1, 0.15) is 25.3 Å². The van der Waals surface area contributed by atoms with Crippen LogP contribution in [0.4, 0.5) is 0 Å². The largest absolute Gasteiger partial charge is 0.348 e. The molecule has 1 N–H and O–H groups in total. The Balaban J connectivity index is 1.33. The smallest absolute Gasteiger partial charge is 0.251 e. The fourth-order valence-electron chi connectivity index (χ4n) is 2.66. The summed E-state index contributed by atoms with van der Waals surface area (Å²) < 4.78 is 3.41. The van der Waals surface area contributed by atoms with Gasteiger partial charge in [0.05, 0.1) is 12.2 Å². The van der Waals surface area contributed by atoms with Crippen LogP contribution >= 0.6 is 0 Å². The van der Waals surface area contributed by atoms with E-state index in [2.05, 4.69) is 25.5 Å². The van der Waals surface area contributed by atoms with Crippen LogP contribution in [0.15, 0.2) is 73.8 Å². The number of carbonyl (C=O) groups is 1. The topological polar surface area (TPSA) is 90.5 Å². The molecular weight excluding hydrogens is 342 g/mol. The van der Waals surface area contributed by atoms with E-state index in [0.29, 0.717) is 18.7 Å². The molecular formula is C19H17N7O. The van der Waals surface area contributed by atoms with Gasteiger partial charge in [-0.3, -0.25) is 4.79 Å². The molecule has 2 aromatic carbocycles. The summed E-state index contributed by atoms with van der Waals surface area (Å²) >= 11 is 0. The fourth-order valence-corrected chi connectivity index (χ4v) is 2.66. The van der Waals surface area contributed by atoms with Crippen molar-refractivity contribution in [2.24, 2.45) is 0 Å². The Morgan fingerprint density at radius 2 is 1.56 bits per heavy atom. The first kappa shape index (κ1) is 16.6. The molecule has 0 fully saturated rings. The molecule has 2 aromatic heterocycles. The molecule has 8 nitrogen and oxygen atoms in total. The van der Waals surface area contributed by atoms with Crippen molar-refractivity contribution < 1.29 is 4.79 Å². The maximum atomic E-state index is 12.3. The Labute approximate surface area is 155 Å². The van der Waals surface area contributed by atoms with Crippen molar-refractivity contribution in [2.45, 2.75) is 13.1 Å². The van der Waals surface area contributed by atoms with Crippen molar-refractivity contribution in [3.05, 3.63) is 90.5 Å². The van der Waals surface area contributed by atoms with Crippen LogP contribution < -0.4 is 5.32 Å². The minimum Gasteiger partial charge on any atom is -0.348 e. The van der Waals surface area contributed by atoms with Crippen LogP contribution in [0.25, 0.3) is 5.69 Å². The lowest BCUT2D eigenvalue weighted by Gasteiger charge is -2.08. The highest BCUT2D eigenvalue weighted by Crippen LogP contribution is 2.09. The Morgan fingerprint density at radius 3 is 2.22 bits per heavy atom. The number of nitrogens with one attached hydrogen (secondary N) is 1. The molecule has 0 spiro atoms. The molecule has 4 aromatic rings. The van der Waals surface area contributed by atoms with Crippen molar-refractivity contribution in [1.29, 1.82) is 0 Å². The Hall–Kier alpha value is -3.81. The fraction of sp³-hybridized carbons (Fsp3) is 0.105. The lowest BCUT2D eigenvalue weighted by atomic mass is 10.1. The first-order valence-electron chi connectivity index (χ1n) is 8.41. The molecule has 0 radical (unpaired) electrons. The van der Waals surface area contributed by atoms with E-state index in [9.17, 15) is 4.79 Å². The Kier molecular flexibility index (Phi) is 4.69. The normalized spacial score (nSPS) is 10.7. The third-order valence-electron chi connectivity index (χ3n) is 4.10. The number of aromatic nitrogens is 6. The summed E-state index contributed by atoms with van der Waals surface area (Å²) in [6, 6.07) is 15.3. The maximum absolute atomic E-state index is 12.3. The van der Waals surface area contributed by atoms with Crippen LogP contribution in [0, 0.1) is 0 Å². The monoisotopic (exact) mass is 359 g/mol. The highest BCUT2D eigenvalue weighted by Gasteiger charge is 2.06. The van der Waals surface area contributed by atoms with Crippen molar-refractivity contribution in [3.63, 3.8) is 0 Å². The van der Waals surface area contributed by atoms with E-state index >= 15 is 0 Å². The number of carbonyl (C=O) groups excluding carboxylic acids is 1. The maximum Gasteiger partial charge on any atom is 0.251 e. The molecule has 0 aliphatic rings. The van der Waals surface area contributed by atoms with Gasteiger partial charge >= 0.3 is 0 Å². The van der Waals surface area contributed by atoms with Crippen LogP contribution in [0.3, 0.4) is 0 Å². The second kappa shape index (κ2) is 7.61. The Bertz CT molecular complexity index is 991. The Morgan fingerprint density at radius 1 is 0.852 bits per heavy atom. The summed E-state index contributed by atoms with van der Waals surface area (Å²) in [4.78, 5) is 20.2. The van der Waals surface area contributed by atoms with E-state index in [4.69, 9.17) is 0 Å². The zero-order valence-electron chi connectivity index (χ0n) is 14.4. The van der Waals surface area contributed by atoms with Gasteiger partial charge in [0.15, 0.2) is 0 Å². The quantitative estimate of drug-likeness (QED) is 0.567. The van der Waals surface area contributed by atoms with E-state index in [1.54, 1.807) is 34.2 Å². The standard InChI is InChI=1S/C19H17N7O/c27-19(17-5-7-18(8-6-17)26-14-21-12-24-26)22-9-15-1-3-16(4-2-15)10-25-13-20-11-23-25/h1-8,11-14H,9-10H2,(H,22,27). The average molecular weight is 359 g/mol. The highest BCUT2D eigenvalue weighted by molar-refractivity contribution is 5.94. The molecule has 134 valence electrons. The van der Waals surface area contributed by atoms with Crippen molar-refractivity contribution in [3.8, 4) is 5.69 Å². The van der Waals surface area contributed by atoms with Gasteiger partial charge in [0.2, 0.25) is 0 Å². The zero-order chi connectivity index (χ0) is 18.5. The van der Waals surface area contributed by atoms with Gasteiger partial charge in [0, 0.05) is 12.1 Å². The van der Waals surface area contributed by atoms with E-state index in [1.165, 1.54) is 12.7 Å². The lowest BCUT2D eigenvalue weighted by molar-refractivity contribution is 0.0951. The minimum atomic E-state index is -0.119. The molecule has 0 aliphatic carbocycles. The number of nitrogens with zero attached hydrogens (tertiary/aromatic N) is 6. The molecule has 2 heterocycles. The molecule has 0 bridgehead atoms. The van der Waals surface area contributed by atoms with Gasteiger partial charge in [-0.15, -0.1) is 0 Å². The highest BCUT2D eigenvalue weighted by atomic mass is 16.1. The van der Waals surface area contributed by atoms with E-state index in [1.807, 2.05) is 36.4 Å². The summed E-state index contributed by atoms with van der Waals surface area (Å²) in [5.41, 5.74) is 3.61. The molecule has 4 rings (SSSR count). The van der Waals surface area contributed by atoms with Crippen LogP contribution in [-0.2, 0) is 13.1 Å². The predicted octanol–water partition coefficient (Wildman–Crippen LogP) is 1.84. The lowest BCUT2D eigenvalue weighted by Crippen LogP contribution is -2.22. The van der Waals surface area contributed by atoms with Gasteiger partial charge in [-0.25, -0.2) is 19.3 Å². The summed E-state index contributed by atoms with van der Waals surface area (Å²) in [6.45, 7) is 1.14. The van der Waals surface area contributed by atoms with Gasteiger partial charge in [0.25, 0.3) is 5.91 Å². The molecule has 0 saturated heterocycles. The van der Waals surface area contributed by atoms with Gasteiger partial charge in [-0.05, 0) is 35.4 Å². The van der Waals surface area contributed by atoms with Crippen molar-refractivity contribution >= 4 is 5.91 Å². The number of benzene rings is 2. The number of amides is 1. The summed E-state index contributed by atoms with van der Waals surface area (Å²) in [7, 11) is 0. The van der Waals surface area contributed by atoms with Crippen LogP contribution in [-0.4, -0.2) is 35.4 Å². The first-order valence-corrected chi connectivity index (χ1v) is 8.41. The summed E-state index contributed by atoms with van der Waals surface area (Å²) in [5.74, 6) is -0.119. The second-order valence-electron chi connectivity index (χ2n) is 5.98. The molecule has 0 unspecified atom stereocenters. The molecule has 0 saturated carbocycles. The number of rotatable bonds is 6. The average Bonchev–Trinajstić information content (AvgIpc) is 3.42. The SMILES string of the molecule is O=C(NCc1ccc(Cn2cncn2)cc1)c1ccc(-n2cncn2)cc1. The second-order valence-corrected chi connectivity index (χ2v) is 5.98. The summed E-state index contributed by atoms with van der Waals surface area (Å²) in [5, 5.41) is 11.1. The summed E-state index contributed by atoms with van der Waals surface area (Å²) in [6.07, 6.45) is 6.28.